The molecule has 3 N–H and O–H groups in total. The van der Waals surface area contributed by atoms with Crippen molar-refractivity contribution in [1.82, 2.24) is 10.6 Å². The molecule has 0 aliphatic heterocycles. The molecule has 2 rings (SSSR count). The summed E-state index contributed by atoms with van der Waals surface area (Å²) < 4.78 is 5.68. The van der Waals surface area contributed by atoms with Crippen LogP contribution in [0.2, 0.25) is 0 Å². The SMILES string of the molecule is O=C(O)CCNC(=O)NCCOc1cccc2ccccc12. The smallest absolute Gasteiger partial charge is 0.314 e. The monoisotopic (exact) mass is 302 g/mol. The first-order valence-electron chi connectivity index (χ1n) is 7.01. The minimum Gasteiger partial charge on any atom is -0.491 e. The Bertz CT molecular complexity index is 652. The molecule has 2 aromatic rings. The lowest BCUT2D eigenvalue weighted by atomic mass is 10.1. The average Bonchev–Trinajstić information content (AvgIpc) is 2.51. The summed E-state index contributed by atoms with van der Waals surface area (Å²) in [7, 11) is 0. The van der Waals surface area contributed by atoms with E-state index in [0.717, 1.165) is 16.5 Å². The molecule has 0 bridgehead atoms. The maximum Gasteiger partial charge on any atom is 0.314 e. The number of fused-ring (bicyclic) bond motifs is 1. The number of nitrogens with one attached hydrogen (secondary N) is 2. The molecule has 116 valence electrons. The molecular weight excluding hydrogens is 284 g/mol. The van der Waals surface area contributed by atoms with E-state index < -0.39 is 12.0 Å². The predicted octanol–water partition coefficient (Wildman–Crippen LogP) is 1.99. The van der Waals surface area contributed by atoms with Crippen molar-refractivity contribution in [3.8, 4) is 5.75 Å². The molecule has 0 atom stereocenters. The summed E-state index contributed by atoms with van der Waals surface area (Å²) in [5, 5.41) is 15.6. The summed E-state index contributed by atoms with van der Waals surface area (Å²) >= 11 is 0. The van der Waals surface area contributed by atoms with E-state index in [1.165, 1.54) is 0 Å². The van der Waals surface area contributed by atoms with Crippen molar-refractivity contribution >= 4 is 22.8 Å². The number of carbonyl (C=O) groups excluding carboxylic acids is 1. The van der Waals surface area contributed by atoms with Gasteiger partial charge in [-0.15, -0.1) is 0 Å². The fourth-order valence-corrected chi connectivity index (χ4v) is 1.99. The highest BCUT2D eigenvalue weighted by atomic mass is 16.5. The second-order valence-corrected chi connectivity index (χ2v) is 4.65. The molecule has 0 aliphatic rings. The standard InChI is InChI=1S/C16H18N2O4/c19-15(20)8-9-17-16(21)18-10-11-22-14-7-3-5-12-4-1-2-6-13(12)14/h1-7H,8-11H2,(H,19,20)(H2,17,18,21). The van der Waals surface area contributed by atoms with Gasteiger partial charge in [0.25, 0.3) is 0 Å². The second kappa shape index (κ2) is 7.87. The predicted molar refractivity (Wildman–Crippen MR) is 83.1 cm³/mol. The fourth-order valence-electron chi connectivity index (χ4n) is 1.99. The lowest BCUT2D eigenvalue weighted by molar-refractivity contribution is -0.136. The topological polar surface area (TPSA) is 87.7 Å². The summed E-state index contributed by atoms with van der Waals surface area (Å²) in [6, 6.07) is 13.3. The first kappa shape index (κ1) is 15.6. The van der Waals surface area contributed by atoms with Crippen molar-refractivity contribution in [3.05, 3.63) is 42.5 Å². The molecule has 0 spiro atoms. The van der Waals surface area contributed by atoms with Crippen molar-refractivity contribution in [2.24, 2.45) is 0 Å². The van der Waals surface area contributed by atoms with Crippen LogP contribution in [0.15, 0.2) is 42.5 Å². The number of hydrogen-bond acceptors (Lipinski definition) is 3. The van der Waals surface area contributed by atoms with Crippen LogP contribution in [-0.4, -0.2) is 36.8 Å². The Morgan fingerprint density at radius 2 is 1.73 bits per heavy atom. The first-order chi connectivity index (χ1) is 10.7. The molecule has 6 heteroatoms. The number of benzene rings is 2. The van der Waals surface area contributed by atoms with Crippen LogP contribution >= 0.6 is 0 Å². The number of carboxylic acids is 1. The number of ether oxygens (including phenoxy) is 1. The molecule has 0 aromatic heterocycles. The van der Waals surface area contributed by atoms with Gasteiger partial charge in [0.15, 0.2) is 0 Å². The van der Waals surface area contributed by atoms with Crippen LogP contribution in [0.1, 0.15) is 6.42 Å². The summed E-state index contributed by atoms with van der Waals surface area (Å²) in [6.07, 6.45) is -0.0973. The van der Waals surface area contributed by atoms with Crippen LogP contribution in [0, 0.1) is 0 Å². The normalized spacial score (nSPS) is 10.2. The molecule has 2 aromatic carbocycles. The van der Waals surface area contributed by atoms with Gasteiger partial charge in [-0.2, -0.15) is 0 Å². The van der Waals surface area contributed by atoms with E-state index in [4.69, 9.17) is 9.84 Å². The zero-order valence-corrected chi connectivity index (χ0v) is 12.0. The van der Waals surface area contributed by atoms with Crippen molar-refractivity contribution in [2.75, 3.05) is 19.7 Å². The van der Waals surface area contributed by atoms with Crippen LogP contribution in [-0.2, 0) is 4.79 Å². The van der Waals surface area contributed by atoms with Crippen molar-refractivity contribution < 1.29 is 19.4 Å². The van der Waals surface area contributed by atoms with Gasteiger partial charge in [0.1, 0.15) is 12.4 Å². The van der Waals surface area contributed by atoms with E-state index in [0.29, 0.717) is 13.2 Å². The van der Waals surface area contributed by atoms with Crippen LogP contribution in [0.4, 0.5) is 4.79 Å². The van der Waals surface area contributed by atoms with E-state index in [2.05, 4.69) is 10.6 Å². The van der Waals surface area contributed by atoms with Gasteiger partial charge in [0.2, 0.25) is 0 Å². The number of carboxylic acid groups (broad SMARTS) is 1. The van der Waals surface area contributed by atoms with Crippen LogP contribution < -0.4 is 15.4 Å². The number of aliphatic carboxylic acids is 1. The van der Waals surface area contributed by atoms with E-state index in [1.807, 2.05) is 42.5 Å². The Labute approximate surface area is 128 Å². The lowest BCUT2D eigenvalue weighted by Gasteiger charge is -2.10. The van der Waals surface area contributed by atoms with Gasteiger partial charge >= 0.3 is 12.0 Å². The molecule has 0 radical (unpaired) electrons. The van der Waals surface area contributed by atoms with E-state index in [1.54, 1.807) is 0 Å². The fraction of sp³-hybridized carbons (Fsp3) is 0.250. The van der Waals surface area contributed by atoms with E-state index in [9.17, 15) is 9.59 Å². The van der Waals surface area contributed by atoms with Gasteiger partial charge in [0, 0.05) is 11.9 Å². The molecule has 0 aliphatic carbocycles. The number of rotatable bonds is 7. The minimum absolute atomic E-state index is 0.0973. The van der Waals surface area contributed by atoms with Gasteiger partial charge in [-0.1, -0.05) is 36.4 Å². The molecular formula is C16H18N2O4. The third kappa shape index (κ3) is 4.66. The van der Waals surface area contributed by atoms with Gasteiger partial charge < -0.3 is 20.5 Å². The maximum absolute atomic E-state index is 11.4. The Balaban J connectivity index is 1.74. The molecule has 2 amide bonds. The zero-order valence-electron chi connectivity index (χ0n) is 12.0. The second-order valence-electron chi connectivity index (χ2n) is 4.65. The van der Waals surface area contributed by atoms with Crippen molar-refractivity contribution in [3.63, 3.8) is 0 Å². The van der Waals surface area contributed by atoms with Crippen molar-refractivity contribution in [2.45, 2.75) is 6.42 Å². The molecule has 0 heterocycles. The molecule has 22 heavy (non-hydrogen) atoms. The molecule has 6 nitrogen and oxygen atoms in total. The van der Waals surface area contributed by atoms with Crippen LogP contribution in [0.25, 0.3) is 10.8 Å². The summed E-state index contributed by atoms with van der Waals surface area (Å²) in [5.41, 5.74) is 0. The summed E-state index contributed by atoms with van der Waals surface area (Å²) in [5.74, 6) is -0.175. The Hall–Kier alpha value is -2.76. The Kier molecular flexibility index (Phi) is 5.59. The average molecular weight is 302 g/mol. The maximum atomic E-state index is 11.4. The van der Waals surface area contributed by atoms with Gasteiger partial charge in [-0.3, -0.25) is 4.79 Å². The highest BCUT2D eigenvalue weighted by molar-refractivity contribution is 5.88. The number of amides is 2. The van der Waals surface area contributed by atoms with Crippen molar-refractivity contribution in [1.29, 1.82) is 0 Å². The summed E-state index contributed by atoms with van der Waals surface area (Å²) in [6.45, 7) is 0.772. The highest BCUT2D eigenvalue weighted by Crippen LogP contribution is 2.24. The largest absolute Gasteiger partial charge is 0.491 e. The van der Waals surface area contributed by atoms with Gasteiger partial charge in [-0.05, 0) is 11.5 Å². The Morgan fingerprint density at radius 3 is 2.55 bits per heavy atom. The zero-order chi connectivity index (χ0) is 15.8. The van der Waals surface area contributed by atoms with Gasteiger partial charge in [-0.25, -0.2) is 4.79 Å². The third-order valence-electron chi connectivity index (χ3n) is 3.02. The molecule has 0 fully saturated rings. The minimum atomic E-state index is -0.945. The number of hydrogen-bond donors (Lipinski definition) is 3. The van der Waals surface area contributed by atoms with Crippen LogP contribution in [0.3, 0.4) is 0 Å². The number of urea groups is 1. The molecule has 0 saturated heterocycles. The quantitative estimate of drug-likeness (QED) is 0.683. The van der Waals surface area contributed by atoms with Crippen LogP contribution in [0.5, 0.6) is 5.75 Å². The molecule has 0 saturated carbocycles. The van der Waals surface area contributed by atoms with E-state index in [-0.39, 0.29) is 13.0 Å². The molecule has 0 unspecified atom stereocenters. The van der Waals surface area contributed by atoms with E-state index >= 15 is 0 Å². The van der Waals surface area contributed by atoms with Gasteiger partial charge in [0.05, 0.1) is 13.0 Å². The Morgan fingerprint density at radius 1 is 1.00 bits per heavy atom. The lowest BCUT2D eigenvalue weighted by Crippen LogP contribution is -2.38. The third-order valence-corrected chi connectivity index (χ3v) is 3.02. The summed E-state index contributed by atoms with van der Waals surface area (Å²) in [4.78, 5) is 21.7. The highest BCUT2D eigenvalue weighted by Gasteiger charge is 2.03. The first-order valence-corrected chi connectivity index (χ1v) is 7.01. The number of carbonyl (C=O) groups is 2.